The zero-order valence-electron chi connectivity index (χ0n) is 13.8. The van der Waals surface area contributed by atoms with E-state index in [1.807, 2.05) is 32.0 Å². The second-order valence-electron chi connectivity index (χ2n) is 4.99. The number of aromatic nitrogens is 1. The average molecular weight is 349 g/mol. The summed E-state index contributed by atoms with van der Waals surface area (Å²) in [6.45, 7) is 5.51. The molecule has 0 radical (unpaired) electrons. The topological polar surface area (TPSA) is 60.5 Å². The number of rotatable bonds is 8. The first kappa shape index (κ1) is 18.1. The fourth-order valence-corrected chi connectivity index (χ4v) is 2.43. The summed E-state index contributed by atoms with van der Waals surface area (Å²) in [5.74, 6) is 1.22. The lowest BCUT2D eigenvalue weighted by Gasteiger charge is -2.12. The molecule has 0 bridgehead atoms. The molecule has 6 heteroatoms. The van der Waals surface area contributed by atoms with Crippen LogP contribution in [0.15, 0.2) is 36.5 Å². The third-order valence-corrected chi connectivity index (χ3v) is 3.61. The standard InChI is InChI=1S/C18H21ClN2O3/c1-3-23-15-8-7-13(12-16(15)24-4-2)9-11-21-18(22)14-6-5-10-20-17(14)19/h5-8,10,12H,3-4,9,11H2,1-2H3,(H,21,22). The number of carbonyl (C=O) groups is 1. The molecule has 2 aromatic rings. The fourth-order valence-electron chi connectivity index (χ4n) is 2.22. The Kier molecular flexibility index (Phi) is 6.88. The molecule has 1 N–H and O–H groups in total. The lowest BCUT2D eigenvalue weighted by molar-refractivity contribution is 0.0954. The summed E-state index contributed by atoms with van der Waals surface area (Å²) >= 11 is 5.92. The van der Waals surface area contributed by atoms with Gasteiger partial charge in [0.1, 0.15) is 5.15 Å². The van der Waals surface area contributed by atoms with Crippen LogP contribution in [-0.2, 0) is 6.42 Å². The quantitative estimate of drug-likeness (QED) is 0.742. The molecule has 0 aliphatic rings. The van der Waals surface area contributed by atoms with Crippen LogP contribution in [0.2, 0.25) is 5.15 Å². The van der Waals surface area contributed by atoms with Crippen LogP contribution in [0.5, 0.6) is 11.5 Å². The Hall–Kier alpha value is -2.27. The summed E-state index contributed by atoms with van der Waals surface area (Å²) in [4.78, 5) is 16.0. The number of nitrogens with one attached hydrogen (secondary N) is 1. The highest BCUT2D eigenvalue weighted by atomic mass is 35.5. The van der Waals surface area contributed by atoms with Crippen LogP contribution in [0.1, 0.15) is 29.8 Å². The number of amides is 1. The molecule has 0 fully saturated rings. The van der Waals surface area contributed by atoms with Crippen LogP contribution >= 0.6 is 11.6 Å². The zero-order chi connectivity index (χ0) is 17.4. The molecule has 0 saturated heterocycles. The van der Waals surface area contributed by atoms with Crippen LogP contribution in [0.25, 0.3) is 0 Å². The molecule has 0 unspecified atom stereocenters. The second-order valence-corrected chi connectivity index (χ2v) is 5.35. The van der Waals surface area contributed by atoms with E-state index in [-0.39, 0.29) is 11.1 Å². The van der Waals surface area contributed by atoms with Crippen LogP contribution in [-0.4, -0.2) is 30.6 Å². The Morgan fingerprint density at radius 1 is 1.17 bits per heavy atom. The summed E-state index contributed by atoms with van der Waals surface area (Å²) in [5, 5.41) is 3.05. The maximum Gasteiger partial charge on any atom is 0.254 e. The lowest BCUT2D eigenvalue weighted by atomic mass is 10.1. The predicted octanol–water partition coefficient (Wildman–Crippen LogP) is 3.50. The van der Waals surface area contributed by atoms with E-state index in [4.69, 9.17) is 21.1 Å². The Labute approximate surface area is 147 Å². The monoisotopic (exact) mass is 348 g/mol. The Bertz CT molecular complexity index is 692. The molecule has 24 heavy (non-hydrogen) atoms. The normalized spacial score (nSPS) is 10.3. The van der Waals surface area contributed by atoms with E-state index in [1.54, 1.807) is 18.3 Å². The maximum absolute atomic E-state index is 12.1. The fraction of sp³-hybridized carbons (Fsp3) is 0.333. The summed E-state index contributed by atoms with van der Waals surface area (Å²) in [6.07, 6.45) is 2.23. The molecular formula is C18H21ClN2O3. The van der Waals surface area contributed by atoms with Crippen molar-refractivity contribution in [1.29, 1.82) is 0 Å². The molecule has 1 amide bonds. The minimum absolute atomic E-state index is 0.203. The van der Waals surface area contributed by atoms with Gasteiger partial charge in [-0.2, -0.15) is 0 Å². The van der Waals surface area contributed by atoms with Gasteiger partial charge in [-0.15, -0.1) is 0 Å². The number of hydrogen-bond acceptors (Lipinski definition) is 4. The van der Waals surface area contributed by atoms with Gasteiger partial charge in [0.25, 0.3) is 5.91 Å². The van der Waals surface area contributed by atoms with Crippen molar-refractivity contribution in [3.8, 4) is 11.5 Å². The first-order valence-corrected chi connectivity index (χ1v) is 8.30. The number of ether oxygens (including phenoxy) is 2. The van der Waals surface area contributed by atoms with E-state index in [0.717, 1.165) is 17.1 Å². The molecule has 0 aliphatic carbocycles. The van der Waals surface area contributed by atoms with Gasteiger partial charge in [0.2, 0.25) is 0 Å². The highest BCUT2D eigenvalue weighted by molar-refractivity contribution is 6.32. The van der Waals surface area contributed by atoms with E-state index in [0.29, 0.717) is 31.7 Å². The van der Waals surface area contributed by atoms with Gasteiger partial charge in [0.15, 0.2) is 11.5 Å². The lowest BCUT2D eigenvalue weighted by Crippen LogP contribution is -2.26. The Balaban J connectivity index is 1.95. The van der Waals surface area contributed by atoms with Gasteiger partial charge >= 0.3 is 0 Å². The minimum Gasteiger partial charge on any atom is -0.490 e. The van der Waals surface area contributed by atoms with Gasteiger partial charge in [0, 0.05) is 12.7 Å². The van der Waals surface area contributed by atoms with Crippen molar-refractivity contribution in [1.82, 2.24) is 10.3 Å². The Morgan fingerprint density at radius 2 is 1.92 bits per heavy atom. The predicted molar refractivity (Wildman–Crippen MR) is 94.1 cm³/mol. The van der Waals surface area contributed by atoms with E-state index >= 15 is 0 Å². The molecule has 0 atom stereocenters. The van der Waals surface area contributed by atoms with Crippen molar-refractivity contribution in [2.75, 3.05) is 19.8 Å². The number of carbonyl (C=O) groups excluding carboxylic acids is 1. The average Bonchev–Trinajstić information content (AvgIpc) is 2.58. The number of pyridine rings is 1. The van der Waals surface area contributed by atoms with Crippen molar-refractivity contribution in [2.45, 2.75) is 20.3 Å². The molecule has 1 aromatic carbocycles. The van der Waals surface area contributed by atoms with Crippen LogP contribution in [0.3, 0.4) is 0 Å². The third kappa shape index (κ3) is 4.86. The van der Waals surface area contributed by atoms with Gasteiger partial charge in [-0.25, -0.2) is 4.98 Å². The molecule has 0 aliphatic heterocycles. The van der Waals surface area contributed by atoms with Gasteiger partial charge in [-0.05, 0) is 50.1 Å². The minimum atomic E-state index is -0.232. The van der Waals surface area contributed by atoms with Crippen LogP contribution < -0.4 is 14.8 Å². The maximum atomic E-state index is 12.1. The summed E-state index contributed by atoms with van der Waals surface area (Å²) < 4.78 is 11.1. The number of benzene rings is 1. The number of halogens is 1. The van der Waals surface area contributed by atoms with Gasteiger partial charge < -0.3 is 14.8 Å². The first-order chi connectivity index (χ1) is 11.7. The van der Waals surface area contributed by atoms with E-state index in [2.05, 4.69) is 10.3 Å². The SMILES string of the molecule is CCOc1ccc(CCNC(=O)c2cccnc2Cl)cc1OCC. The summed E-state index contributed by atoms with van der Waals surface area (Å²) in [7, 11) is 0. The van der Waals surface area contributed by atoms with Crippen LogP contribution in [0.4, 0.5) is 0 Å². The molecule has 128 valence electrons. The zero-order valence-corrected chi connectivity index (χ0v) is 14.6. The molecule has 5 nitrogen and oxygen atoms in total. The van der Waals surface area contributed by atoms with E-state index in [9.17, 15) is 4.79 Å². The van der Waals surface area contributed by atoms with Crippen molar-refractivity contribution in [3.05, 3.63) is 52.8 Å². The van der Waals surface area contributed by atoms with Gasteiger partial charge in [-0.3, -0.25) is 4.79 Å². The van der Waals surface area contributed by atoms with Crippen molar-refractivity contribution < 1.29 is 14.3 Å². The molecule has 0 spiro atoms. The Morgan fingerprint density at radius 3 is 2.62 bits per heavy atom. The highest BCUT2D eigenvalue weighted by Crippen LogP contribution is 2.28. The summed E-state index contributed by atoms with van der Waals surface area (Å²) in [6, 6.07) is 9.13. The molecular weight excluding hydrogens is 328 g/mol. The van der Waals surface area contributed by atoms with Gasteiger partial charge in [-0.1, -0.05) is 17.7 Å². The van der Waals surface area contributed by atoms with Crippen LogP contribution in [0, 0.1) is 0 Å². The molecule has 1 aromatic heterocycles. The van der Waals surface area contributed by atoms with E-state index in [1.165, 1.54) is 0 Å². The number of hydrogen-bond donors (Lipinski definition) is 1. The smallest absolute Gasteiger partial charge is 0.254 e. The van der Waals surface area contributed by atoms with E-state index < -0.39 is 0 Å². The van der Waals surface area contributed by atoms with Crippen molar-refractivity contribution >= 4 is 17.5 Å². The highest BCUT2D eigenvalue weighted by Gasteiger charge is 2.10. The summed E-state index contributed by atoms with van der Waals surface area (Å²) in [5.41, 5.74) is 1.43. The van der Waals surface area contributed by atoms with Gasteiger partial charge in [0.05, 0.1) is 18.8 Å². The second kappa shape index (κ2) is 9.13. The molecule has 0 saturated carbocycles. The van der Waals surface area contributed by atoms with Crippen molar-refractivity contribution in [2.24, 2.45) is 0 Å². The molecule has 2 rings (SSSR count). The van der Waals surface area contributed by atoms with Crippen molar-refractivity contribution in [3.63, 3.8) is 0 Å². The first-order valence-electron chi connectivity index (χ1n) is 7.93. The third-order valence-electron chi connectivity index (χ3n) is 3.31. The molecule has 1 heterocycles. The largest absolute Gasteiger partial charge is 0.490 e. The number of nitrogens with zero attached hydrogens (tertiary/aromatic N) is 1.